The van der Waals surface area contributed by atoms with E-state index < -0.39 is 0 Å². The van der Waals surface area contributed by atoms with Gasteiger partial charge in [-0.05, 0) is 30.3 Å². The smallest absolute Gasteiger partial charge is 0.139 e. The van der Waals surface area contributed by atoms with Crippen LogP contribution in [0.2, 0.25) is 5.02 Å². The minimum atomic E-state index is -0.0397. The van der Waals surface area contributed by atoms with Gasteiger partial charge in [0.1, 0.15) is 17.2 Å². The van der Waals surface area contributed by atoms with Gasteiger partial charge in [-0.3, -0.25) is 0 Å². The topological polar surface area (TPSA) is 72.7 Å². The van der Waals surface area contributed by atoms with Crippen molar-refractivity contribution in [2.24, 2.45) is 0 Å². The fourth-order valence-electron chi connectivity index (χ4n) is 1.38. The molecular formula is C12H10ClNO3. The molecule has 4 N–H and O–H groups in total. The van der Waals surface area contributed by atoms with E-state index in [1.165, 1.54) is 30.3 Å². The van der Waals surface area contributed by atoms with Crippen molar-refractivity contribution in [1.29, 1.82) is 0 Å². The lowest BCUT2D eigenvalue weighted by atomic mass is 10.2. The number of phenolic OH excluding ortho intramolecular Hbond substituents is 3. The highest BCUT2D eigenvalue weighted by Crippen LogP contribution is 2.34. The Morgan fingerprint density at radius 1 is 0.824 bits per heavy atom. The lowest BCUT2D eigenvalue weighted by Crippen LogP contribution is -1.91. The first-order valence-corrected chi connectivity index (χ1v) is 5.21. The Bertz CT molecular complexity index is 508. The van der Waals surface area contributed by atoms with E-state index in [0.29, 0.717) is 10.7 Å². The molecule has 0 aliphatic carbocycles. The zero-order valence-corrected chi connectivity index (χ0v) is 9.44. The SMILES string of the molecule is Oc1ccc(O)c(Nc2cc(Cl)ccc2O)c1. The van der Waals surface area contributed by atoms with E-state index in [4.69, 9.17) is 11.6 Å². The van der Waals surface area contributed by atoms with Gasteiger partial charge in [0, 0.05) is 11.1 Å². The van der Waals surface area contributed by atoms with Gasteiger partial charge in [0.15, 0.2) is 0 Å². The number of anilines is 2. The second kappa shape index (κ2) is 4.43. The van der Waals surface area contributed by atoms with Gasteiger partial charge in [-0.25, -0.2) is 0 Å². The summed E-state index contributed by atoms with van der Waals surface area (Å²) in [5.74, 6) is -0.0360. The summed E-state index contributed by atoms with van der Waals surface area (Å²) in [5.41, 5.74) is 0.626. The molecule has 0 saturated carbocycles. The summed E-state index contributed by atoms with van der Waals surface area (Å²) in [4.78, 5) is 0. The molecule has 2 aromatic rings. The maximum absolute atomic E-state index is 9.59. The summed E-state index contributed by atoms with van der Waals surface area (Å²) in [5, 5.41) is 31.7. The third-order valence-electron chi connectivity index (χ3n) is 2.21. The summed E-state index contributed by atoms with van der Waals surface area (Å²) in [6, 6.07) is 8.54. The van der Waals surface area contributed by atoms with Gasteiger partial charge in [0.25, 0.3) is 0 Å². The van der Waals surface area contributed by atoms with Crippen LogP contribution in [0.25, 0.3) is 0 Å². The molecule has 2 aromatic carbocycles. The van der Waals surface area contributed by atoms with Crippen molar-refractivity contribution in [1.82, 2.24) is 0 Å². The van der Waals surface area contributed by atoms with E-state index in [-0.39, 0.29) is 22.9 Å². The molecule has 0 heterocycles. The highest BCUT2D eigenvalue weighted by atomic mass is 35.5. The molecule has 4 nitrogen and oxygen atoms in total. The van der Waals surface area contributed by atoms with Gasteiger partial charge in [-0.15, -0.1) is 0 Å². The molecule has 17 heavy (non-hydrogen) atoms. The number of halogens is 1. The number of hydrogen-bond acceptors (Lipinski definition) is 4. The zero-order chi connectivity index (χ0) is 12.4. The Hall–Kier alpha value is -2.07. The van der Waals surface area contributed by atoms with E-state index in [1.807, 2.05) is 0 Å². The molecule has 0 aliphatic heterocycles. The summed E-state index contributed by atoms with van der Waals surface area (Å²) in [6.07, 6.45) is 0. The quantitative estimate of drug-likeness (QED) is 0.489. The summed E-state index contributed by atoms with van der Waals surface area (Å²) in [7, 11) is 0. The van der Waals surface area contributed by atoms with E-state index in [0.717, 1.165) is 0 Å². The number of aromatic hydroxyl groups is 3. The van der Waals surface area contributed by atoms with Crippen molar-refractivity contribution in [2.45, 2.75) is 0 Å². The predicted octanol–water partition coefficient (Wildman–Crippen LogP) is 3.20. The van der Waals surface area contributed by atoms with Gasteiger partial charge in [-0.1, -0.05) is 11.6 Å². The molecular weight excluding hydrogens is 242 g/mol. The molecule has 0 saturated heterocycles. The maximum Gasteiger partial charge on any atom is 0.139 e. The van der Waals surface area contributed by atoms with E-state index in [2.05, 4.69) is 5.32 Å². The largest absolute Gasteiger partial charge is 0.508 e. The van der Waals surface area contributed by atoms with Crippen molar-refractivity contribution in [3.8, 4) is 17.2 Å². The molecule has 0 spiro atoms. The van der Waals surface area contributed by atoms with Gasteiger partial charge < -0.3 is 20.6 Å². The van der Waals surface area contributed by atoms with Crippen LogP contribution in [0, 0.1) is 0 Å². The first kappa shape index (κ1) is 11.4. The Balaban J connectivity index is 2.37. The fourth-order valence-corrected chi connectivity index (χ4v) is 1.55. The Morgan fingerprint density at radius 2 is 1.41 bits per heavy atom. The van der Waals surface area contributed by atoms with E-state index in [9.17, 15) is 15.3 Å². The summed E-state index contributed by atoms with van der Waals surface area (Å²) >= 11 is 5.79. The molecule has 0 bridgehead atoms. The van der Waals surface area contributed by atoms with E-state index >= 15 is 0 Å². The van der Waals surface area contributed by atoms with Gasteiger partial charge >= 0.3 is 0 Å². The highest BCUT2D eigenvalue weighted by molar-refractivity contribution is 6.31. The number of phenols is 3. The van der Waals surface area contributed by atoms with Crippen LogP contribution >= 0.6 is 11.6 Å². The van der Waals surface area contributed by atoms with Gasteiger partial charge in [-0.2, -0.15) is 0 Å². The molecule has 0 radical (unpaired) electrons. The molecule has 0 atom stereocenters. The first-order chi connectivity index (χ1) is 8.06. The van der Waals surface area contributed by atoms with Crippen LogP contribution in [0.1, 0.15) is 0 Å². The minimum absolute atomic E-state index is 0.00265. The van der Waals surface area contributed by atoms with Gasteiger partial charge in [0.2, 0.25) is 0 Å². The standard InChI is InChI=1S/C12H10ClNO3/c13-7-1-3-11(16)9(5-7)14-10-6-8(15)2-4-12(10)17/h1-6,14-17H. The molecule has 88 valence electrons. The van der Waals surface area contributed by atoms with Crippen molar-refractivity contribution >= 4 is 23.0 Å². The van der Waals surface area contributed by atoms with Crippen LogP contribution in [0.4, 0.5) is 11.4 Å². The van der Waals surface area contributed by atoms with Crippen molar-refractivity contribution in [3.63, 3.8) is 0 Å². The monoisotopic (exact) mass is 251 g/mol. The third kappa shape index (κ3) is 2.54. The van der Waals surface area contributed by atoms with E-state index in [1.54, 1.807) is 6.07 Å². The fraction of sp³-hybridized carbons (Fsp3) is 0. The average Bonchev–Trinajstić information content (AvgIpc) is 2.28. The number of benzene rings is 2. The molecule has 0 fully saturated rings. The minimum Gasteiger partial charge on any atom is -0.508 e. The van der Waals surface area contributed by atoms with Crippen LogP contribution < -0.4 is 5.32 Å². The highest BCUT2D eigenvalue weighted by Gasteiger charge is 2.06. The average molecular weight is 252 g/mol. The number of nitrogens with one attached hydrogen (secondary N) is 1. The lowest BCUT2D eigenvalue weighted by Gasteiger charge is -2.10. The third-order valence-corrected chi connectivity index (χ3v) is 2.44. The molecule has 0 unspecified atom stereocenters. The molecule has 5 heteroatoms. The van der Waals surface area contributed by atoms with Crippen molar-refractivity contribution in [2.75, 3.05) is 5.32 Å². The van der Waals surface area contributed by atoms with Crippen LogP contribution in [0.15, 0.2) is 36.4 Å². The number of rotatable bonds is 2. The molecule has 0 amide bonds. The Labute approximate surface area is 103 Å². The van der Waals surface area contributed by atoms with Crippen LogP contribution in [-0.2, 0) is 0 Å². The van der Waals surface area contributed by atoms with Crippen molar-refractivity contribution < 1.29 is 15.3 Å². The second-order valence-electron chi connectivity index (χ2n) is 3.49. The Kier molecular flexibility index (Phi) is 2.97. The lowest BCUT2D eigenvalue weighted by molar-refractivity contribution is 0.461. The molecule has 0 aliphatic rings. The van der Waals surface area contributed by atoms with Crippen LogP contribution in [-0.4, -0.2) is 15.3 Å². The normalized spacial score (nSPS) is 10.2. The Morgan fingerprint density at radius 3 is 2.12 bits per heavy atom. The van der Waals surface area contributed by atoms with Crippen LogP contribution in [0.5, 0.6) is 17.2 Å². The zero-order valence-electron chi connectivity index (χ0n) is 8.68. The number of hydrogen-bond donors (Lipinski definition) is 4. The van der Waals surface area contributed by atoms with Crippen molar-refractivity contribution in [3.05, 3.63) is 41.4 Å². The second-order valence-corrected chi connectivity index (χ2v) is 3.92. The summed E-state index contributed by atoms with van der Waals surface area (Å²) in [6.45, 7) is 0. The first-order valence-electron chi connectivity index (χ1n) is 4.84. The van der Waals surface area contributed by atoms with Gasteiger partial charge in [0.05, 0.1) is 11.4 Å². The maximum atomic E-state index is 9.59. The van der Waals surface area contributed by atoms with Crippen LogP contribution in [0.3, 0.4) is 0 Å². The molecule has 2 rings (SSSR count). The predicted molar refractivity (Wildman–Crippen MR) is 66.2 cm³/mol. The molecule has 0 aromatic heterocycles. The summed E-state index contributed by atoms with van der Waals surface area (Å²) < 4.78 is 0.